The highest BCUT2D eigenvalue weighted by atomic mass is 16.5. The summed E-state index contributed by atoms with van der Waals surface area (Å²) in [5, 5.41) is 3.16. The fraction of sp³-hybridized carbons (Fsp3) is 1.00. The molecule has 0 radical (unpaired) electrons. The standard InChI is InChI=1S/C8H17NO/c1-8(3-5-9-2)4-6-10-7-8/h9H,3-7H2,1-2H3/t8-/m0/s1. The summed E-state index contributed by atoms with van der Waals surface area (Å²) in [6.45, 7) is 5.33. The minimum Gasteiger partial charge on any atom is -0.381 e. The number of rotatable bonds is 3. The van der Waals surface area contributed by atoms with Crippen molar-refractivity contribution in [1.29, 1.82) is 0 Å². The average Bonchev–Trinajstić information content (AvgIpc) is 2.33. The molecule has 10 heavy (non-hydrogen) atoms. The second kappa shape index (κ2) is 3.35. The minimum atomic E-state index is 0.461. The van der Waals surface area contributed by atoms with Crippen molar-refractivity contribution in [1.82, 2.24) is 5.32 Å². The Labute approximate surface area is 63.0 Å². The highest BCUT2D eigenvalue weighted by molar-refractivity contribution is 4.78. The van der Waals surface area contributed by atoms with E-state index < -0.39 is 0 Å². The first-order chi connectivity index (χ1) is 4.77. The molecule has 1 atom stereocenters. The molecular weight excluding hydrogens is 126 g/mol. The summed E-state index contributed by atoms with van der Waals surface area (Å²) in [7, 11) is 2.00. The zero-order chi connectivity index (χ0) is 7.45. The Morgan fingerprint density at radius 2 is 2.40 bits per heavy atom. The first kappa shape index (κ1) is 8.02. The maximum atomic E-state index is 5.33. The fourth-order valence-electron chi connectivity index (χ4n) is 1.33. The maximum absolute atomic E-state index is 5.33. The molecular formula is C8H17NO. The summed E-state index contributed by atoms with van der Waals surface area (Å²) in [6, 6.07) is 0. The minimum absolute atomic E-state index is 0.461. The highest BCUT2D eigenvalue weighted by Gasteiger charge is 2.28. The molecule has 0 aromatic rings. The molecule has 0 amide bonds. The van der Waals surface area contributed by atoms with E-state index in [-0.39, 0.29) is 0 Å². The van der Waals surface area contributed by atoms with Gasteiger partial charge in [0.25, 0.3) is 0 Å². The Hall–Kier alpha value is -0.0800. The van der Waals surface area contributed by atoms with Crippen molar-refractivity contribution in [2.45, 2.75) is 19.8 Å². The van der Waals surface area contributed by atoms with Crippen molar-refractivity contribution in [2.24, 2.45) is 5.41 Å². The summed E-state index contributed by atoms with van der Waals surface area (Å²) < 4.78 is 5.33. The van der Waals surface area contributed by atoms with Gasteiger partial charge in [-0.1, -0.05) is 6.92 Å². The van der Waals surface area contributed by atoms with E-state index in [0.717, 1.165) is 19.8 Å². The third kappa shape index (κ3) is 1.96. The molecule has 60 valence electrons. The molecule has 2 nitrogen and oxygen atoms in total. The molecule has 1 saturated heterocycles. The van der Waals surface area contributed by atoms with Crippen LogP contribution in [0.4, 0.5) is 0 Å². The molecule has 0 aromatic carbocycles. The monoisotopic (exact) mass is 143 g/mol. The van der Waals surface area contributed by atoms with Crippen LogP contribution < -0.4 is 5.32 Å². The lowest BCUT2D eigenvalue weighted by molar-refractivity contribution is 0.155. The molecule has 0 saturated carbocycles. The van der Waals surface area contributed by atoms with E-state index in [9.17, 15) is 0 Å². The van der Waals surface area contributed by atoms with Crippen LogP contribution in [0.5, 0.6) is 0 Å². The zero-order valence-electron chi connectivity index (χ0n) is 6.94. The van der Waals surface area contributed by atoms with E-state index in [1.165, 1.54) is 12.8 Å². The fourth-order valence-corrected chi connectivity index (χ4v) is 1.33. The average molecular weight is 143 g/mol. The smallest absolute Gasteiger partial charge is 0.0521 e. The van der Waals surface area contributed by atoms with Gasteiger partial charge in [0.2, 0.25) is 0 Å². The normalized spacial score (nSPS) is 33.0. The van der Waals surface area contributed by atoms with Crippen LogP contribution in [0.3, 0.4) is 0 Å². The lowest BCUT2D eigenvalue weighted by atomic mass is 9.86. The predicted molar refractivity (Wildman–Crippen MR) is 42.1 cm³/mol. The third-order valence-electron chi connectivity index (χ3n) is 2.28. The van der Waals surface area contributed by atoms with Gasteiger partial charge in [0.1, 0.15) is 0 Å². The first-order valence-electron chi connectivity index (χ1n) is 3.99. The molecule has 2 heteroatoms. The van der Waals surface area contributed by atoms with Gasteiger partial charge < -0.3 is 10.1 Å². The molecule has 0 spiro atoms. The van der Waals surface area contributed by atoms with Crippen molar-refractivity contribution in [3.05, 3.63) is 0 Å². The van der Waals surface area contributed by atoms with E-state index in [1.807, 2.05) is 7.05 Å². The molecule has 1 fully saturated rings. The Kier molecular flexibility index (Phi) is 2.69. The maximum Gasteiger partial charge on any atom is 0.0521 e. The van der Waals surface area contributed by atoms with Crippen molar-refractivity contribution in [3.63, 3.8) is 0 Å². The SMILES string of the molecule is CNCC[C@@]1(C)CCOC1. The summed E-state index contributed by atoms with van der Waals surface area (Å²) >= 11 is 0. The Morgan fingerprint density at radius 3 is 2.90 bits per heavy atom. The number of hydrogen-bond acceptors (Lipinski definition) is 2. The lowest BCUT2D eigenvalue weighted by Gasteiger charge is -2.20. The van der Waals surface area contributed by atoms with Gasteiger partial charge in [0.05, 0.1) is 6.61 Å². The van der Waals surface area contributed by atoms with Crippen LogP contribution in [0, 0.1) is 5.41 Å². The number of hydrogen-bond donors (Lipinski definition) is 1. The van der Waals surface area contributed by atoms with E-state index in [4.69, 9.17) is 4.74 Å². The second-order valence-electron chi connectivity index (χ2n) is 3.47. The van der Waals surface area contributed by atoms with Gasteiger partial charge in [0, 0.05) is 6.61 Å². The lowest BCUT2D eigenvalue weighted by Crippen LogP contribution is -2.22. The van der Waals surface area contributed by atoms with E-state index in [2.05, 4.69) is 12.2 Å². The predicted octanol–water partition coefficient (Wildman–Crippen LogP) is 1.02. The second-order valence-corrected chi connectivity index (χ2v) is 3.47. The van der Waals surface area contributed by atoms with Gasteiger partial charge in [-0.2, -0.15) is 0 Å². The molecule has 1 aliphatic heterocycles. The van der Waals surface area contributed by atoms with E-state index >= 15 is 0 Å². The molecule has 0 aromatic heterocycles. The van der Waals surface area contributed by atoms with Crippen LogP contribution in [-0.2, 0) is 4.74 Å². The molecule has 1 N–H and O–H groups in total. The number of nitrogens with one attached hydrogen (secondary N) is 1. The largest absolute Gasteiger partial charge is 0.381 e. The molecule has 0 unspecified atom stereocenters. The Morgan fingerprint density at radius 1 is 1.60 bits per heavy atom. The van der Waals surface area contributed by atoms with Crippen molar-refractivity contribution in [3.8, 4) is 0 Å². The van der Waals surface area contributed by atoms with Gasteiger partial charge in [-0.3, -0.25) is 0 Å². The topological polar surface area (TPSA) is 21.3 Å². The first-order valence-corrected chi connectivity index (χ1v) is 3.99. The van der Waals surface area contributed by atoms with Gasteiger partial charge in [-0.15, -0.1) is 0 Å². The third-order valence-corrected chi connectivity index (χ3v) is 2.28. The zero-order valence-corrected chi connectivity index (χ0v) is 6.94. The molecule has 1 rings (SSSR count). The number of ether oxygens (including phenoxy) is 1. The Balaban J connectivity index is 2.22. The van der Waals surface area contributed by atoms with E-state index in [1.54, 1.807) is 0 Å². The van der Waals surface area contributed by atoms with Crippen LogP contribution in [0.2, 0.25) is 0 Å². The molecule has 1 aliphatic rings. The quantitative estimate of drug-likeness (QED) is 0.637. The molecule has 0 bridgehead atoms. The van der Waals surface area contributed by atoms with Crippen LogP contribution in [0.1, 0.15) is 19.8 Å². The summed E-state index contributed by atoms with van der Waals surface area (Å²) in [5.41, 5.74) is 0.461. The van der Waals surface area contributed by atoms with Gasteiger partial charge in [-0.25, -0.2) is 0 Å². The van der Waals surface area contributed by atoms with Gasteiger partial charge >= 0.3 is 0 Å². The van der Waals surface area contributed by atoms with E-state index in [0.29, 0.717) is 5.41 Å². The Bertz CT molecular complexity index is 97.4. The van der Waals surface area contributed by atoms with Crippen LogP contribution in [0.15, 0.2) is 0 Å². The molecule has 0 aliphatic carbocycles. The highest BCUT2D eigenvalue weighted by Crippen LogP contribution is 2.30. The van der Waals surface area contributed by atoms with Crippen LogP contribution in [0.25, 0.3) is 0 Å². The van der Waals surface area contributed by atoms with Crippen LogP contribution >= 0.6 is 0 Å². The summed E-state index contributed by atoms with van der Waals surface area (Å²) in [6.07, 6.45) is 2.47. The summed E-state index contributed by atoms with van der Waals surface area (Å²) in [4.78, 5) is 0. The summed E-state index contributed by atoms with van der Waals surface area (Å²) in [5.74, 6) is 0. The van der Waals surface area contributed by atoms with Crippen molar-refractivity contribution < 1.29 is 4.74 Å². The van der Waals surface area contributed by atoms with Crippen LogP contribution in [-0.4, -0.2) is 26.8 Å². The van der Waals surface area contributed by atoms with Gasteiger partial charge in [0.15, 0.2) is 0 Å². The molecule has 1 heterocycles. The van der Waals surface area contributed by atoms with Crippen molar-refractivity contribution in [2.75, 3.05) is 26.8 Å². The van der Waals surface area contributed by atoms with Gasteiger partial charge in [-0.05, 0) is 31.8 Å². The van der Waals surface area contributed by atoms with Crippen molar-refractivity contribution >= 4 is 0 Å².